The number of carbonyl (C=O) groups is 1. The Morgan fingerprint density at radius 1 is 1.03 bits per heavy atom. The number of nitrogens with zero attached hydrogens (tertiary/aromatic N) is 1. The molecule has 8 heteroatoms. The quantitative estimate of drug-likeness (QED) is 0.646. The third-order valence-electron chi connectivity index (χ3n) is 4.47. The van der Waals surface area contributed by atoms with Crippen LogP contribution in [0.25, 0.3) is 0 Å². The van der Waals surface area contributed by atoms with Crippen molar-refractivity contribution in [2.24, 2.45) is 0 Å². The molecule has 0 fully saturated rings. The molecule has 0 bridgehead atoms. The van der Waals surface area contributed by atoms with Gasteiger partial charge < -0.3 is 10.1 Å². The first-order valence-corrected chi connectivity index (χ1v) is 10.5. The standard InChI is InChI=1S/C21H19ClN2O4S/c1-13-4-7-17(10-14(13)2)29(26,27)20-9-5-15(12-23-20)21(25)24-16-6-8-19(28-3)18(22)11-16/h4-12H,1-3H3,(H,24,25). The van der Waals surface area contributed by atoms with Gasteiger partial charge in [-0.3, -0.25) is 4.79 Å². The summed E-state index contributed by atoms with van der Waals surface area (Å²) in [6.07, 6.45) is 1.23. The van der Waals surface area contributed by atoms with E-state index in [0.717, 1.165) is 11.1 Å². The highest BCUT2D eigenvalue weighted by molar-refractivity contribution is 7.91. The molecule has 3 rings (SSSR count). The molecule has 1 N–H and O–H groups in total. The van der Waals surface area contributed by atoms with Crippen LogP contribution in [0.2, 0.25) is 5.02 Å². The number of amides is 1. The van der Waals surface area contributed by atoms with Crippen LogP contribution in [-0.2, 0) is 9.84 Å². The van der Waals surface area contributed by atoms with Gasteiger partial charge in [0.1, 0.15) is 5.75 Å². The van der Waals surface area contributed by atoms with Crippen molar-refractivity contribution in [2.45, 2.75) is 23.8 Å². The summed E-state index contributed by atoms with van der Waals surface area (Å²) < 4.78 is 30.6. The number of anilines is 1. The highest BCUT2D eigenvalue weighted by Crippen LogP contribution is 2.27. The van der Waals surface area contributed by atoms with Gasteiger partial charge in [-0.05, 0) is 67.4 Å². The molecule has 1 amide bonds. The number of halogens is 1. The van der Waals surface area contributed by atoms with Gasteiger partial charge in [-0.25, -0.2) is 13.4 Å². The molecule has 3 aromatic rings. The average Bonchev–Trinajstić information content (AvgIpc) is 2.70. The second-order valence-corrected chi connectivity index (χ2v) is 8.74. The van der Waals surface area contributed by atoms with Gasteiger partial charge in [0.15, 0.2) is 5.03 Å². The largest absolute Gasteiger partial charge is 0.495 e. The van der Waals surface area contributed by atoms with E-state index in [2.05, 4.69) is 10.3 Å². The van der Waals surface area contributed by atoms with E-state index in [1.54, 1.807) is 36.4 Å². The molecule has 150 valence electrons. The van der Waals surface area contributed by atoms with Gasteiger partial charge in [-0.1, -0.05) is 17.7 Å². The Labute approximate surface area is 174 Å². The Hall–Kier alpha value is -2.90. The summed E-state index contributed by atoms with van der Waals surface area (Å²) >= 11 is 6.05. The molecule has 6 nitrogen and oxygen atoms in total. The fourth-order valence-electron chi connectivity index (χ4n) is 2.62. The van der Waals surface area contributed by atoms with Gasteiger partial charge >= 0.3 is 0 Å². The molecule has 0 aliphatic heterocycles. The van der Waals surface area contributed by atoms with E-state index in [1.807, 2.05) is 13.8 Å². The zero-order valence-corrected chi connectivity index (χ0v) is 17.6. The molecule has 0 spiro atoms. The molecule has 0 radical (unpaired) electrons. The van der Waals surface area contributed by atoms with Crippen LogP contribution in [-0.4, -0.2) is 26.4 Å². The Morgan fingerprint density at radius 3 is 2.38 bits per heavy atom. The molecule has 1 aromatic heterocycles. The van der Waals surface area contributed by atoms with E-state index in [1.165, 1.54) is 25.4 Å². The number of methoxy groups -OCH3 is 1. The van der Waals surface area contributed by atoms with Gasteiger partial charge in [0.2, 0.25) is 9.84 Å². The highest BCUT2D eigenvalue weighted by Gasteiger charge is 2.20. The number of sulfone groups is 1. The first-order chi connectivity index (χ1) is 13.7. The molecule has 0 aliphatic carbocycles. The summed E-state index contributed by atoms with van der Waals surface area (Å²) in [7, 11) is -2.27. The number of nitrogens with one attached hydrogen (secondary N) is 1. The summed E-state index contributed by atoms with van der Waals surface area (Å²) in [5.41, 5.74) is 2.58. The minimum absolute atomic E-state index is 0.121. The van der Waals surface area contributed by atoms with Crippen LogP contribution in [0.1, 0.15) is 21.5 Å². The van der Waals surface area contributed by atoms with Crippen LogP contribution in [0.5, 0.6) is 5.75 Å². The maximum Gasteiger partial charge on any atom is 0.257 e. The predicted octanol–water partition coefficient (Wildman–Crippen LogP) is 4.45. The van der Waals surface area contributed by atoms with Crippen molar-refractivity contribution in [1.82, 2.24) is 4.98 Å². The number of benzene rings is 2. The molecule has 0 aliphatic rings. The SMILES string of the molecule is COc1ccc(NC(=O)c2ccc(S(=O)(=O)c3ccc(C)c(C)c3)nc2)cc1Cl. The fourth-order valence-corrected chi connectivity index (χ4v) is 4.14. The van der Waals surface area contributed by atoms with E-state index in [-0.39, 0.29) is 15.5 Å². The van der Waals surface area contributed by atoms with Gasteiger partial charge in [0.25, 0.3) is 5.91 Å². The minimum atomic E-state index is -3.77. The van der Waals surface area contributed by atoms with Crippen LogP contribution < -0.4 is 10.1 Å². The van der Waals surface area contributed by atoms with Crippen molar-refractivity contribution >= 4 is 33.0 Å². The summed E-state index contributed by atoms with van der Waals surface area (Å²) in [5.74, 6) is 0.0566. The summed E-state index contributed by atoms with van der Waals surface area (Å²) in [4.78, 5) is 16.6. The first kappa shape index (κ1) is 20.8. The summed E-state index contributed by atoms with van der Waals surface area (Å²) in [5, 5.41) is 2.92. The molecular formula is C21H19ClN2O4S. The van der Waals surface area contributed by atoms with Gasteiger partial charge in [-0.2, -0.15) is 0 Å². The Balaban J connectivity index is 1.81. The van der Waals surface area contributed by atoms with E-state index in [9.17, 15) is 13.2 Å². The lowest BCUT2D eigenvalue weighted by atomic mass is 10.1. The summed E-state index contributed by atoms with van der Waals surface area (Å²) in [6, 6.07) is 12.5. The minimum Gasteiger partial charge on any atom is -0.495 e. The fraction of sp³-hybridized carbons (Fsp3) is 0.143. The second kappa shape index (κ2) is 8.23. The van der Waals surface area contributed by atoms with Crippen molar-refractivity contribution in [3.05, 3.63) is 76.4 Å². The number of aromatic nitrogens is 1. The Morgan fingerprint density at radius 2 is 1.79 bits per heavy atom. The normalized spacial score (nSPS) is 11.2. The number of aryl methyl sites for hydroxylation is 2. The van der Waals surface area contributed by atoms with E-state index >= 15 is 0 Å². The number of carbonyl (C=O) groups excluding carboxylic acids is 1. The van der Waals surface area contributed by atoms with Crippen molar-refractivity contribution in [1.29, 1.82) is 0 Å². The number of hydrogen-bond acceptors (Lipinski definition) is 5. The average molecular weight is 431 g/mol. The molecule has 0 atom stereocenters. The summed E-state index contributed by atoms with van der Waals surface area (Å²) in [6.45, 7) is 3.76. The maximum atomic E-state index is 12.8. The van der Waals surface area contributed by atoms with Crippen molar-refractivity contribution in [2.75, 3.05) is 12.4 Å². The van der Waals surface area contributed by atoms with Gasteiger partial charge in [0.05, 0.1) is 22.6 Å². The molecule has 0 unspecified atom stereocenters. The number of ether oxygens (including phenoxy) is 1. The number of rotatable bonds is 5. The maximum absolute atomic E-state index is 12.8. The van der Waals surface area contributed by atoms with Crippen LogP contribution in [0.3, 0.4) is 0 Å². The van der Waals surface area contributed by atoms with Crippen LogP contribution in [0.4, 0.5) is 5.69 Å². The van der Waals surface area contributed by atoms with Gasteiger partial charge in [0, 0.05) is 11.9 Å². The lowest BCUT2D eigenvalue weighted by molar-refractivity contribution is 0.102. The van der Waals surface area contributed by atoms with Crippen LogP contribution in [0.15, 0.2) is 64.6 Å². The highest BCUT2D eigenvalue weighted by atomic mass is 35.5. The number of pyridine rings is 1. The first-order valence-electron chi connectivity index (χ1n) is 8.65. The van der Waals surface area contributed by atoms with Crippen molar-refractivity contribution in [3.8, 4) is 5.75 Å². The monoisotopic (exact) mass is 430 g/mol. The molecular weight excluding hydrogens is 412 g/mol. The molecule has 0 saturated carbocycles. The van der Waals surface area contributed by atoms with Crippen LogP contribution in [0, 0.1) is 13.8 Å². The Bertz CT molecular complexity index is 1180. The number of hydrogen-bond donors (Lipinski definition) is 1. The molecule has 0 saturated heterocycles. The lowest BCUT2D eigenvalue weighted by Gasteiger charge is -2.09. The topological polar surface area (TPSA) is 85.4 Å². The zero-order chi connectivity index (χ0) is 21.2. The van der Waals surface area contributed by atoms with Crippen molar-refractivity contribution in [3.63, 3.8) is 0 Å². The molecule has 2 aromatic carbocycles. The smallest absolute Gasteiger partial charge is 0.257 e. The van der Waals surface area contributed by atoms with Crippen LogP contribution >= 0.6 is 11.6 Å². The molecule has 29 heavy (non-hydrogen) atoms. The zero-order valence-electron chi connectivity index (χ0n) is 16.1. The van der Waals surface area contributed by atoms with Crippen molar-refractivity contribution < 1.29 is 17.9 Å². The lowest BCUT2D eigenvalue weighted by Crippen LogP contribution is -2.13. The van der Waals surface area contributed by atoms with E-state index in [4.69, 9.17) is 16.3 Å². The third kappa shape index (κ3) is 4.41. The Kier molecular flexibility index (Phi) is 5.91. The second-order valence-electron chi connectivity index (χ2n) is 6.44. The van der Waals surface area contributed by atoms with E-state index in [0.29, 0.717) is 16.5 Å². The third-order valence-corrected chi connectivity index (χ3v) is 6.43. The predicted molar refractivity (Wildman–Crippen MR) is 112 cm³/mol. The molecule has 1 heterocycles. The van der Waals surface area contributed by atoms with E-state index < -0.39 is 15.7 Å². The van der Waals surface area contributed by atoms with Gasteiger partial charge in [-0.15, -0.1) is 0 Å².